The molecule has 6 heteroatoms. The average Bonchev–Trinajstić information content (AvgIpc) is 2.64. The van der Waals surface area contributed by atoms with Crippen LogP contribution in [0.3, 0.4) is 0 Å². The highest BCUT2D eigenvalue weighted by Crippen LogP contribution is 2.26. The zero-order chi connectivity index (χ0) is 14.6. The first-order chi connectivity index (χ1) is 9.46. The van der Waals surface area contributed by atoms with Gasteiger partial charge in [0.1, 0.15) is 5.75 Å². The molecule has 0 spiro atoms. The topological polar surface area (TPSA) is 24.5 Å². The summed E-state index contributed by atoms with van der Waals surface area (Å²) in [4.78, 5) is 2.25. The third-order valence-corrected chi connectivity index (χ3v) is 3.25. The summed E-state index contributed by atoms with van der Waals surface area (Å²) < 4.78 is 41.1. The summed E-state index contributed by atoms with van der Waals surface area (Å²) in [5.74, 6) is 0.261. The molecule has 1 aromatic rings. The fraction of sp³-hybridized carbons (Fsp3) is 0.571. The molecule has 0 amide bonds. The van der Waals surface area contributed by atoms with Gasteiger partial charge in [-0.2, -0.15) is 13.2 Å². The number of rotatable bonds is 3. The molecule has 1 N–H and O–H groups in total. The minimum atomic E-state index is -4.30. The molecule has 1 fully saturated rings. The Morgan fingerprint density at radius 3 is 2.75 bits per heavy atom. The van der Waals surface area contributed by atoms with Crippen molar-refractivity contribution in [2.45, 2.75) is 19.5 Å². The first-order valence-corrected chi connectivity index (χ1v) is 6.71. The van der Waals surface area contributed by atoms with E-state index in [0.29, 0.717) is 0 Å². The molecule has 0 unspecified atom stereocenters. The minimum absolute atomic E-state index is 0.261. The van der Waals surface area contributed by atoms with Crippen LogP contribution in [0.5, 0.6) is 5.75 Å². The van der Waals surface area contributed by atoms with Crippen LogP contribution in [0.1, 0.15) is 12.0 Å². The van der Waals surface area contributed by atoms with Gasteiger partial charge in [-0.25, -0.2) is 0 Å². The van der Waals surface area contributed by atoms with Crippen molar-refractivity contribution >= 4 is 5.69 Å². The Bertz CT molecular complexity index is 441. The van der Waals surface area contributed by atoms with Crippen LogP contribution >= 0.6 is 0 Å². The maximum atomic E-state index is 12.1. The van der Waals surface area contributed by atoms with E-state index in [1.807, 2.05) is 13.0 Å². The Labute approximate surface area is 116 Å². The van der Waals surface area contributed by atoms with Crippen molar-refractivity contribution in [2.24, 2.45) is 0 Å². The SMILES string of the molecule is Cc1cc(OCC(F)(F)F)ccc1N1CCCNCC1. The minimum Gasteiger partial charge on any atom is -0.484 e. The van der Waals surface area contributed by atoms with Crippen LogP contribution in [0.2, 0.25) is 0 Å². The van der Waals surface area contributed by atoms with Gasteiger partial charge in [-0.3, -0.25) is 0 Å². The van der Waals surface area contributed by atoms with Gasteiger partial charge >= 0.3 is 6.18 Å². The Hall–Kier alpha value is -1.43. The molecule has 1 aliphatic rings. The molecule has 0 radical (unpaired) electrons. The first kappa shape index (κ1) is 15.0. The highest BCUT2D eigenvalue weighted by Gasteiger charge is 2.28. The summed E-state index contributed by atoms with van der Waals surface area (Å²) in [6.45, 7) is 4.43. The number of ether oxygens (including phenoxy) is 1. The van der Waals surface area contributed by atoms with Gasteiger partial charge in [0.05, 0.1) is 0 Å². The molecule has 112 valence electrons. The van der Waals surface area contributed by atoms with E-state index in [9.17, 15) is 13.2 Å². The van der Waals surface area contributed by atoms with E-state index in [1.165, 1.54) is 0 Å². The lowest BCUT2D eigenvalue weighted by Gasteiger charge is -2.24. The molecule has 1 saturated heterocycles. The Morgan fingerprint density at radius 2 is 2.05 bits per heavy atom. The van der Waals surface area contributed by atoms with Crippen molar-refractivity contribution in [3.8, 4) is 5.75 Å². The number of hydrogen-bond donors (Lipinski definition) is 1. The lowest BCUT2D eigenvalue weighted by Crippen LogP contribution is -2.28. The standard InChI is InChI=1S/C14H19F3N2O/c1-11-9-12(20-10-14(15,16)17)3-4-13(11)19-7-2-5-18-6-8-19/h3-4,9,18H,2,5-8,10H2,1H3. The predicted molar refractivity (Wildman–Crippen MR) is 72.4 cm³/mol. The molecule has 20 heavy (non-hydrogen) atoms. The van der Waals surface area contributed by atoms with Crippen molar-refractivity contribution in [3.63, 3.8) is 0 Å². The van der Waals surface area contributed by atoms with E-state index in [2.05, 4.69) is 10.2 Å². The van der Waals surface area contributed by atoms with E-state index in [4.69, 9.17) is 4.74 Å². The van der Waals surface area contributed by atoms with Crippen molar-refractivity contribution in [1.82, 2.24) is 5.32 Å². The quantitative estimate of drug-likeness (QED) is 0.925. The van der Waals surface area contributed by atoms with Gasteiger partial charge < -0.3 is 15.0 Å². The molecule has 0 atom stereocenters. The number of nitrogens with zero attached hydrogens (tertiary/aromatic N) is 1. The Kier molecular flexibility index (Phi) is 4.75. The first-order valence-electron chi connectivity index (χ1n) is 6.71. The molecule has 1 heterocycles. The lowest BCUT2D eigenvalue weighted by molar-refractivity contribution is -0.153. The van der Waals surface area contributed by atoms with Crippen LogP contribution in [0.25, 0.3) is 0 Å². The number of anilines is 1. The molecular weight excluding hydrogens is 269 g/mol. The summed E-state index contributed by atoms with van der Waals surface area (Å²) in [6.07, 6.45) is -3.24. The van der Waals surface area contributed by atoms with E-state index in [1.54, 1.807) is 12.1 Å². The molecule has 0 bridgehead atoms. The fourth-order valence-corrected chi connectivity index (χ4v) is 2.32. The molecule has 0 saturated carbocycles. The maximum Gasteiger partial charge on any atom is 0.422 e. The number of hydrogen-bond acceptors (Lipinski definition) is 3. The second-order valence-electron chi connectivity index (χ2n) is 4.94. The van der Waals surface area contributed by atoms with Crippen LogP contribution in [0.15, 0.2) is 18.2 Å². The number of aryl methyl sites for hydroxylation is 1. The van der Waals surface area contributed by atoms with Gasteiger partial charge in [0.15, 0.2) is 6.61 Å². The van der Waals surface area contributed by atoms with Crippen LogP contribution in [-0.2, 0) is 0 Å². The van der Waals surface area contributed by atoms with Crippen LogP contribution < -0.4 is 15.0 Å². The number of nitrogens with one attached hydrogen (secondary N) is 1. The second-order valence-corrected chi connectivity index (χ2v) is 4.94. The van der Waals surface area contributed by atoms with Crippen molar-refractivity contribution in [1.29, 1.82) is 0 Å². The Morgan fingerprint density at radius 1 is 1.25 bits per heavy atom. The lowest BCUT2D eigenvalue weighted by atomic mass is 10.1. The third-order valence-electron chi connectivity index (χ3n) is 3.25. The summed E-state index contributed by atoms with van der Waals surface area (Å²) in [6, 6.07) is 5.11. The van der Waals surface area contributed by atoms with E-state index in [0.717, 1.165) is 43.9 Å². The predicted octanol–water partition coefficient (Wildman–Crippen LogP) is 2.74. The van der Waals surface area contributed by atoms with Crippen molar-refractivity contribution in [2.75, 3.05) is 37.7 Å². The normalized spacial score (nSPS) is 16.9. The largest absolute Gasteiger partial charge is 0.484 e. The van der Waals surface area contributed by atoms with Crippen LogP contribution in [0.4, 0.5) is 18.9 Å². The molecule has 2 rings (SSSR count). The maximum absolute atomic E-state index is 12.1. The molecular formula is C14H19F3N2O. The number of benzene rings is 1. The molecule has 1 aromatic carbocycles. The van der Waals surface area contributed by atoms with Gasteiger partial charge in [-0.1, -0.05) is 0 Å². The summed E-state index contributed by atoms with van der Waals surface area (Å²) >= 11 is 0. The highest BCUT2D eigenvalue weighted by molar-refractivity contribution is 5.56. The number of halogens is 3. The molecule has 0 aliphatic carbocycles. The molecule has 1 aliphatic heterocycles. The van der Waals surface area contributed by atoms with E-state index < -0.39 is 12.8 Å². The van der Waals surface area contributed by atoms with Crippen molar-refractivity contribution < 1.29 is 17.9 Å². The van der Waals surface area contributed by atoms with Crippen LogP contribution in [-0.4, -0.2) is 39.0 Å². The zero-order valence-electron chi connectivity index (χ0n) is 11.5. The Balaban J connectivity index is 2.05. The third kappa shape index (κ3) is 4.30. The molecule has 3 nitrogen and oxygen atoms in total. The number of alkyl halides is 3. The summed E-state index contributed by atoms with van der Waals surface area (Å²) in [5.41, 5.74) is 2.00. The van der Waals surface area contributed by atoms with Gasteiger partial charge in [0.25, 0.3) is 0 Å². The zero-order valence-corrected chi connectivity index (χ0v) is 11.5. The van der Waals surface area contributed by atoms with E-state index in [-0.39, 0.29) is 5.75 Å². The summed E-state index contributed by atoms with van der Waals surface area (Å²) in [7, 11) is 0. The monoisotopic (exact) mass is 288 g/mol. The second kappa shape index (κ2) is 6.35. The molecule has 0 aromatic heterocycles. The highest BCUT2D eigenvalue weighted by atomic mass is 19.4. The fourth-order valence-electron chi connectivity index (χ4n) is 2.32. The van der Waals surface area contributed by atoms with Crippen molar-refractivity contribution in [3.05, 3.63) is 23.8 Å². The average molecular weight is 288 g/mol. The van der Waals surface area contributed by atoms with E-state index >= 15 is 0 Å². The van der Waals surface area contributed by atoms with Gasteiger partial charge in [-0.15, -0.1) is 0 Å². The van der Waals surface area contributed by atoms with Gasteiger partial charge in [0, 0.05) is 25.3 Å². The van der Waals surface area contributed by atoms with Gasteiger partial charge in [0.2, 0.25) is 0 Å². The van der Waals surface area contributed by atoms with Gasteiger partial charge in [-0.05, 0) is 43.7 Å². The smallest absolute Gasteiger partial charge is 0.422 e. The van der Waals surface area contributed by atoms with Crippen LogP contribution in [0, 0.1) is 6.92 Å². The summed E-state index contributed by atoms with van der Waals surface area (Å²) in [5, 5.41) is 3.32.